The Morgan fingerprint density at radius 3 is 2.50 bits per heavy atom. The second-order valence-electron chi connectivity index (χ2n) is 7.14. The van der Waals surface area contributed by atoms with Crippen molar-refractivity contribution in [1.82, 2.24) is 19.5 Å². The standard InChI is InChI=1S/C17H22N6O3/c18-13(24)10-5-7-22(8-6-10)16-19-9-12-14(20-16)21-17(26)23(15(12)25)11-3-1-2-4-11/h9-11H,1-8H2,(H2,18,24)(H,19,20,21,26). The first-order chi connectivity index (χ1) is 12.5. The van der Waals surface area contributed by atoms with Gasteiger partial charge in [-0.25, -0.2) is 9.78 Å². The number of aromatic nitrogens is 4. The van der Waals surface area contributed by atoms with Crippen LogP contribution in [-0.2, 0) is 4.79 Å². The maximum absolute atomic E-state index is 12.7. The Morgan fingerprint density at radius 1 is 1.15 bits per heavy atom. The maximum atomic E-state index is 12.7. The highest BCUT2D eigenvalue weighted by Crippen LogP contribution is 2.27. The molecule has 1 saturated carbocycles. The molecule has 1 aliphatic carbocycles. The van der Waals surface area contributed by atoms with E-state index >= 15 is 0 Å². The van der Waals surface area contributed by atoms with Gasteiger partial charge in [0.1, 0.15) is 5.39 Å². The summed E-state index contributed by atoms with van der Waals surface area (Å²) in [6, 6.07) is -0.0387. The monoisotopic (exact) mass is 358 g/mol. The minimum atomic E-state index is -0.411. The van der Waals surface area contributed by atoms with Crippen LogP contribution in [0.4, 0.5) is 5.95 Å². The molecular formula is C17H22N6O3. The summed E-state index contributed by atoms with van der Waals surface area (Å²) < 4.78 is 1.32. The average Bonchev–Trinajstić information content (AvgIpc) is 3.15. The van der Waals surface area contributed by atoms with Crippen molar-refractivity contribution >= 4 is 22.9 Å². The SMILES string of the molecule is NC(=O)C1CCN(c2ncc3c(=O)n(C4CCCC4)c(=O)[nH]c3n2)CC1. The van der Waals surface area contributed by atoms with Crippen LogP contribution in [0.3, 0.4) is 0 Å². The lowest BCUT2D eigenvalue weighted by atomic mass is 9.96. The number of hydrogen-bond donors (Lipinski definition) is 2. The average molecular weight is 358 g/mol. The van der Waals surface area contributed by atoms with E-state index in [4.69, 9.17) is 5.73 Å². The van der Waals surface area contributed by atoms with Crippen LogP contribution in [0.2, 0.25) is 0 Å². The third-order valence-electron chi connectivity index (χ3n) is 5.54. The van der Waals surface area contributed by atoms with Gasteiger partial charge in [-0.15, -0.1) is 0 Å². The number of carbonyl (C=O) groups excluding carboxylic acids is 1. The van der Waals surface area contributed by atoms with Crippen molar-refractivity contribution in [3.63, 3.8) is 0 Å². The van der Waals surface area contributed by atoms with Gasteiger partial charge in [0.05, 0.1) is 0 Å². The summed E-state index contributed by atoms with van der Waals surface area (Å²) in [6.45, 7) is 1.23. The van der Waals surface area contributed by atoms with Gasteiger partial charge in [0.25, 0.3) is 5.56 Å². The molecule has 3 N–H and O–H groups in total. The van der Waals surface area contributed by atoms with Crippen molar-refractivity contribution in [1.29, 1.82) is 0 Å². The van der Waals surface area contributed by atoms with E-state index in [2.05, 4.69) is 15.0 Å². The summed E-state index contributed by atoms with van der Waals surface area (Å²) in [5, 5.41) is 0.326. The first kappa shape index (κ1) is 16.7. The predicted octanol–water partition coefficient (Wildman–Crippen LogP) is 0.297. The van der Waals surface area contributed by atoms with Crippen molar-refractivity contribution in [2.75, 3.05) is 18.0 Å². The number of anilines is 1. The molecule has 3 heterocycles. The number of nitrogens with zero attached hydrogens (tertiary/aromatic N) is 4. The van der Waals surface area contributed by atoms with Crippen LogP contribution in [0.25, 0.3) is 11.0 Å². The number of aromatic amines is 1. The number of nitrogens with two attached hydrogens (primary N) is 1. The second-order valence-corrected chi connectivity index (χ2v) is 7.14. The molecular weight excluding hydrogens is 336 g/mol. The van der Waals surface area contributed by atoms with Crippen molar-refractivity contribution in [3.05, 3.63) is 27.0 Å². The van der Waals surface area contributed by atoms with Crippen LogP contribution in [0.1, 0.15) is 44.6 Å². The number of H-pyrrole nitrogens is 1. The fourth-order valence-electron chi connectivity index (χ4n) is 4.02. The van der Waals surface area contributed by atoms with E-state index in [-0.39, 0.29) is 29.1 Å². The Balaban J connectivity index is 1.66. The predicted molar refractivity (Wildman–Crippen MR) is 96.1 cm³/mol. The van der Waals surface area contributed by atoms with Crippen LogP contribution in [-0.4, -0.2) is 38.5 Å². The van der Waals surface area contributed by atoms with Gasteiger partial charge in [-0.05, 0) is 25.7 Å². The molecule has 26 heavy (non-hydrogen) atoms. The topological polar surface area (TPSA) is 127 Å². The summed E-state index contributed by atoms with van der Waals surface area (Å²) in [7, 11) is 0. The molecule has 1 aliphatic heterocycles. The van der Waals surface area contributed by atoms with Crippen LogP contribution >= 0.6 is 0 Å². The molecule has 0 unspecified atom stereocenters. The van der Waals surface area contributed by atoms with E-state index in [9.17, 15) is 14.4 Å². The Kier molecular flexibility index (Phi) is 4.21. The molecule has 0 bridgehead atoms. The largest absolute Gasteiger partial charge is 0.369 e. The van der Waals surface area contributed by atoms with Gasteiger partial charge < -0.3 is 10.6 Å². The van der Waals surface area contributed by atoms with Crippen LogP contribution in [0.5, 0.6) is 0 Å². The van der Waals surface area contributed by atoms with Gasteiger partial charge >= 0.3 is 5.69 Å². The fourth-order valence-corrected chi connectivity index (χ4v) is 4.02. The lowest BCUT2D eigenvalue weighted by molar-refractivity contribution is -0.122. The summed E-state index contributed by atoms with van der Waals surface area (Å²) in [5.74, 6) is 0.0556. The van der Waals surface area contributed by atoms with Crippen molar-refractivity contribution in [2.24, 2.45) is 11.7 Å². The summed E-state index contributed by atoms with van der Waals surface area (Å²) in [6.07, 6.45) is 6.55. The summed E-state index contributed by atoms with van der Waals surface area (Å²) in [5.41, 5.74) is 4.88. The highest BCUT2D eigenvalue weighted by molar-refractivity contribution is 5.77. The number of nitrogens with one attached hydrogen (secondary N) is 1. The zero-order valence-electron chi connectivity index (χ0n) is 14.5. The highest BCUT2D eigenvalue weighted by Gasteiger charge is 2.26. The van der Waals surface area contributed by atoms with Crippen LogP contribution in [0, 0.1) is 5.92 Å². The van der Waals surface area contributed by atoms with Gasteiger partial charge in [0.2, 0.25) is 11.9 Å². The lowest BCUT2D eigenvalue weighted by Crippen LogP contribution is -2.40. The third-order valence-corrected chi connectivity index (χ3v) is 5.54. The van der Waals surface area contributed by atoms with Gasteiger partial charge in [-0.3, -0.25) is 19.1 Å². The Bertz CT molecular complexity index is 951. The summed E-state index contributed by atoms with van der Waals surface area (Å²) >= 11 is 0. The molecule has 138 valence electrons. The Morgan fingerprint density at radius 2 is 1.85 bits per heavy atom. The molecule has 2 aromatic rings. The summed E-state index contributed by atoms with van der Waals surface area (Å²) in [4.78, 5) is 49.8. The zero-order valence-corrected chi connectivity index (χ0v) is 14.5. The number of fused-ring (bicyclic) bond motifs is 1. The Hall–Kier alpha value is -2.71. The van der Waals surface area contributed by atoms with Crippen molar-refractivity contribution < 1.29 is 4.79 Å². The number of primary amides is 1. The van der Waals surface area contributed by atoms with E-state index in [1.165, 1.54) is 10.8 Å². The minimum Gasteiger partial charge on any atom is -0.369 e. The molecule has 0 atom stereocenters. The number of carbonyl (C=O) groups is 1. The van der Waals surface area contributed by atoms with Gasteiger partial charge in [-0.2, -0.15) is 4.98 Å². The van der Waals surface area contributed by atoms with Gasteiger partial charge in [0.15, 0.2) is 5.65 Å². The first-order valence-corrected chi connectivity index (χ1v) is 9.10. The fraction of sp³-hybridized carbons (Fsp3) is 0.588. The smallest absolute Gasteiger partial charge is 0.330 e. The van der Waals surface area contributed by atoms with Crippen molar-refractivity contribution in [2.45, 2.75) is 44.6 Å². The van der Waals surface area contributed by atoms with Gasteiger partial charge in [0, 0.05) is 31.2 Å². The zero-order chi connectivity index (χ0) is 18.3. The minimum absolute atomic E-state index is 0.0387. The number of amides is 1. The Labute approximate surface area is 149 Å². The van der Waals surface area contributed by atoms with E-state index in [0.29, 0.717) is 37.3 Å². The molecule has 2 aliphatic rings. The highest BCUT2D eigenvalue weighted by atomic mass is 16.2. The maximum Gasteiger partial charge on any atom is 0.330 e. The first-order valence-electron chi connectivity index (χ1n) is 9.10. The third kappa shape index (κ3) is 2.87. The number of hydrogen-bond acceptors (Lipinski definition) is 6. The van der Waals surface area contributed by atoms with E-state index in [1.807, 2.05) is 4.90 Å². The molecule has 9 nitrogen and oxygen atoms in total. The molecule has 2 fully saturated rings. The molecule has 1 saturated heterocycles. The molecule has 0 aromatic carbocycles. The quantitative estimate of drug-likeness (QED) is 0.812. The van der Waals surface area contributed by atoms with Crippen LogP contribution < -0.4 is 21.9 Å². The van der Waals surface area contributed by atoms with Gasteiger partial charge in [-0.1, -0.05) is 12.8 Å². The lowest BCUT2D eigenvalue weighted by Gasteiger charge is -2.30. The molecule has 0 radical (unpaired) electrons. The van der Waals surface area contributed by atoms with E-state index < -0.39 is 5.69 Å². The number of rotatable bonds is 3. The molecule has 4 rings (SSSR count). The molecule has 1 amide bonds. The van der Waals surface area contributed by atoms with Crippen molar-refractivity contribution in [3.8, 4) is 0 Å². The normalized spacial score (nSPS) is 19.3. The number of piperidine rings is 1. The molecule has 9 heteroatoms. The van der Waals surface area contributed by atoms with E-state index in [1.54, 1.807) is 0 Å². The van der Waals surface area contributed by atoms with Crippen LogP contribution in [0.15, 0.2) is 15.8 Å². The molecule has 2 aromatic heterocycles. The molecule has 0 spiro atoms. The second kappa shape index (κ2) is 6.54. The van der Waals surface area contributed by atoms with E-state index in [0.717, 1.165) is 25.7 Å².